The van der Waals surface area contributed by atoms with Crippen LogP contribution < -0.4 is 5.32 Å². The molecule has 4 heteroatoms. The normalized spacial score (nSPS) is 31.7. The molecule has 0 saturated carbocycles. The highest BCUT2D eigenvalue weighted by molar-refractivity contribution is 5.67. The molecule has 0 spiro atoms. The number of aliphatic hydroxyl groups is 1. The van der Waals surface area contributed by atoms with Gasteiger partial charge in [-0.3, -0.25) is 4.79 Å². The summed E-state index contributed by atoms with van der Waals surface area (Å²) in [5.74, 6) is -0.692. The van der Waals surface area contributed by atoms with Gasteiger partial charge in [0.2, 0.25) is 0 Å². The molecule has 4 nitrogen and oxygen atoms in total. The number of nitrogens with one attached hydrogen (secondary N) is 1. The van der Waals surface area contributed by atoms with Crippen molar-refractivity contribution in [1.29, 1.82) is 0 Å². The first-order chi connectivity index (χ1) is 5.18. The summed E-state index contributed by atoms with van der Waals surface area (Å²) in [4.78, 5) is 10.3. The van der Waals surface area contributed by atoms with Crippen molar-refractivity contribution >= 4 is 5.97 Å². The maximum atomic E-state index is 10.3. The average molecular weight is 159 g/mol. The Morgan fingerprint density at radius 1 is 1.55 bits per heavy atom. The second-order valence-corrected chi connectivity index (χ2v) is 3.01. The van der Waals surface area contributed by atoms with Crippen LogP contribution in [0.5, 0.6) is 0 Å². The van der Waals surface area contributed by atoms with E-state index in [2.05, 4.69) is 5.32 Å². The topological polar surface area (TPSA) is 69.6 Å². The van der Waals surface area contributed by atoms with Gasteiger partial charge in [0.05, 0.1) is 6.10 Å². The molecule has 2 unspecified atom stereocenters. The largest absolute Gasteiger partial charge is 0.481 e. The maximum Gasteiger partial charge on any atom is 0.303 e. The molecule has 1 heterocycles. The van der Waals surface area contributed by atoms with Crippen LogP contribution in [0, 0.1) is 5.92 Å². The lowest BCUT2D eigenvalue weighted by Crippen LogP contribution is -2.39. The predicted molar refractivity (Wildman–Crippen MR) is 39.2 cm³/mol. The number of hydrogen-bond donors (Lipinski definition) is 3. The minimum atomic E-state index is -0.786. The Labute approximate surface area is 65.2 Å². The van der Waals surface area contributed by atoms with E-state index in [1.165, 1.54) is 0 Å². The monoisotopic (exact) mass is 159 g/mol. The summed E-state index contributed by atoms with van der Waals surface area (Å²) < 4.78 is 0. The molecule has 0 aromatic heterocycles. The van der Waals surface area contributed by atoms with Crippen molar-refractivity contribution in [3.8, 4) is 0 Å². The quantitative estimate of drug-likeness (QED) is 0.504. The Morgan fingerprint density at radius 3 is 2.82 bits per heavy atom. The number of rotatable bonds is 2. The predicted octanol–water partition coefficient (Wildman–Crippen LogP) is -0.569. The highest BCUT2D eigenvalue weighted by Crippen LogP contribution is 2.13. The molecular formula is C7H13NO3. The summed E-state index contributed by atoms with van der Waals surface area (Å²) in [7, 11) is 0. The number of carbonyl (C=O) groups is 1. The smallest absolute Gasteiger partial charge is 0.303 e. The third-order valence-corrected chi connectivity index (χ3v) is 1.88. The van der Waals surface area contributed by atoms with E-state index in [-0.39, 0.29) is 18.4 Å². The van der Waals surface area contributed by atoms with E-state index >= 15 is 0 Å². The first-order valence-electron chi connectivity index (χ1n) is 3.79. The van der Waals surface area contributed by atoms with Crippen molar-refractivity contribution in [3.63, 3.8) is 0 Å². The number of aliphatic carboxylic acids is 1. The SMILES string of the molecule is O=C(O)CC1CNCC(O)C1. The van der Waals surface area contributed by atoms with Crippen LogP contribution in [-0.4, -0.2) is 35.4 Å². The number of hydrogen-bond acceptors (Lipinski definition) is 3. The molecule has 11 heavy (non-hydrogen) atoms. The molecule has 0 radical (unpaired) electrons. The van der Waals surface area contributed by atoms with E-state index in [1.54, 1.807) is 0 Å². The second-order valence-electron chi connectivity index (χ2n) is 3.01. The van der Waals surface area contributed by atoms with E-state index in [4.69, 9.17) is 10.2 Å². The molecule has 0 bridgehead atoms. The Balaban J connectivity index is 2.28. The van der Waals surface area contributed by atoms with E-state index in [9.17, 15) is 4.79 Å². The number of aliphatic hydroxyl groups excluding tert-OH is 1. The minimum absolute atomic E-state index is 0.0937. The van der Waals surface area contributed by atoms with E-state index in [0.717, 1.165) is 0 Å². The fourth-order valence-electron chi connectivity index (χ4n) is 1.41. The van der Waals surface area contributed by atoms with Crippen molar-refractivity contribution in [2.75, 3.05) is 13.1 Å². The lowest BCUT2D eigenvalue weighted by Gasteiger charge is -2.25. The molecule has 3 N–H and O–H groups in total. The Morgan fingerprint density at radius 2 is 2.27 bits per heavy atom. The Bertz CT molecular complexity index is 149. The standard InChI is InChI=1S/C7H13NO3/c9-6-1-5(2-7(10)11)3-8-4-6/h5-6,8-9H,1-4H2,(H,10,11). The van der Waals surface area contributed by atoms with E-state index in [1.807, 2.05) is 0 Å². The average Bonchev–Trinajstić information content (AvgIpc) is 1.85. The van der Waals surface area contributed by atoms with Gasteiger partial charge in [0.25, 0.3) is 0 Å². The van der Waals surface area contributed by atoms with Crippen LogP contribution in [0.3, 0.4) is 0 Å². The van der Waals surface area contributed by atoms with Crippen molar-refractivity contribution < 1.29 is 15.0 Å². The molecule has 0 aliphatic carbocycles. The third kappa shape index (κ3) is 2.86. The lowest BCUT2D eigenvalue weighted by atomic mass is 9.95. The highest BCUT2D eigenvalue weighted by Gasteiger charge is 2.21. The number of piperidine rings is 1. The van der Waals surface area contributed by atoms with Crippen molar-refractivity contribution in [2.24, 2.45) is 5.92 Å². The van der Waals surface area contributed by atoms with E-state index in [0.29, 0.717) is 19.5 Å². The first-order valence-corrected chi connectivity index (χ1v) is 3.79. The molecule has 0 amide bonds. The zero-order valence-electron chi connectivity index (χ0n) is 6.29. The number of carboxylic acid groups (broad SMARTS) is 1. The van der Waals surface area contributed by atoms with Crippen LogP contribution in [0.15, 0.2) is 0 Å². The van der Waals surface area contributed by atoms with Gasteiger partial charge < -0.3 is 15.5 Å². The van der Waals surface area contributed by atoms with Crippen LogP contribution in [0.4, 0.5) is 0 Å². The summed E-state index contributed by atoms with van der Waals surface area (Å²) in [5.41, 5.74) is 0. The van der Waals surface area contributed by atoms with Crippen molar-refractivity contribution in [3.05, 3.63) is 0 Å². The van der Waals surface area contributed by atoms with Crippen LogP contribution in [0.1, 0.15) is 12.8 Å². The van der Waals surface area contributed by atoms with Gasteiger partial charge in [-0.1, -0.05) is 0 Å². The fraction of sp³-hybridized carbons (Fsp3) is 0.857. The summed E-state index contributed by atoms with van der Waals surface area (Å²) in [5, 5.41) is 20.6. The van der Waals surface area contributed by atoms with Crippen molar-refractivity contribution in [1.82, 2.24) is 5.32 Å². The van der Waals surface area contributed by atoms with Gasteiger partial charge in [0.1, 0.15) is 0 Å². The van der Waals surface area contributed by atoms with Crippen LogP contribution in [0.25, 0.3) is 0 Å². The third-order valence-electron chi connectivity index (χ3n) is 1.88. The summed E-state index contributed by atoms with van der Waals surface area (Å²) in [6.45, 7) is 1.31. The Kier molecular flexibility index (Phi) is 2.84. The van der Waals surface area contributed by atoms with Gasteiger partial charge in [-0.2, -0.15) is 0 Å². The maximum absolute atomic E-state index is 10.3. The zero-order chi connectivity index (χ0) is 8.27. The van der Waals surface area contributed by atoms with Gasteiger partial charge in [-0.15, -0.1) is 0 Å². The molecule has 1 fully saturated rings. The fourth-order valence-corrected chi connectivity index (χ4v) is 1.41. The van der Waals surface area contributed by atoms with Gasteiger partial charge >= 0.3 is 5.97 Å². The van der Waals surface area contributed by atoms with Crippen LogP contribution in [-0.2, 0) is 4.79 Å². The molecule has 1 rings (SSSR count). The first kappa shape index (κ1) is 8.49. The molecular weight excluding hydrogens is 146 g/mol. The highest BCUT2D eigenvalue weighted by atomic mass is 16.4. The summed E-state index contributed by atoms with van der Waals surface area (Å²) in [6.07, 6.45) is 0.400. The second kappa shape index (κ2) is 3.69. The molecule has 0 aromatic rings. The molecule has 2 atom stereocenters. The summed E-state index contributed by atoms with van der Waals surface area (Å²) in [6, 6.07) is 0. The molecule has 0 aromatic carbocycles. The molecule has 1 aliphatic heterocycles. The number of carboxylic acids is 1. The molecule has 1 aliphatic rings. The van der Waals surface area contributed by atoms with Crippen molar-refractivity contribution in [2.45, 2.75) is 18.9 Å². The van der Waals surface area contributed by atoms with Gasteiger partial charge in [0.15, 0.2) is 0 Å². The van der Waals surface area contributed by atoms with E-state index < -0.39 is 5.97 Å². The van der Waals surface area contributed by atoms with Crippen LogP contribution >= 0.6 is 0 Å². The number of β-amino-alcohol motifs (C(OH)–C–C–N with tert-alkyl or cyclic N) is 1. The van der Waals surface area contributed by atoms with Crippen LogP contribution in [0.2, 0.25) is 0 Å². The zero-order valence-corrected chi connectivity index (χ0v) is 6.29. The van der Waals surface area contributed by atoms with Gasteiger partial charge in [-0.25, -0.2) is 0 Å². The summed E-state index contributed by atoms with van der Waals surface area (Å²) >= 11 is 0. The molecule has 1 saturated heterocycles. The molecule has 64 valence electrons. The minimum Gasteiger partial charge on any atom is -0.481 e. The Hall–Kier alpha value is -0.610. The lowest BCUT2D eigenvalue weighted by molar-refractivity contribution is -0.138. The van der Waals surface area contributed by atoms with Gasteiger partial charge in [-0.05, 0) is 18.9 Å². The van der Waals surface area contributed by atoms with Gasteiger partial charge in [0, 0.05) is 13.0 Å².